The molecule has 0 aromatic rings. The monoisotopic (exact) mass is 364 g/mol. The molecule has 3 rings (SSSR count). The molecule has 0 aromatic carbocycles. The quantitative estimate of drug-likeness (QED) is 0.375. The minimum absolute atomic E-state index is 0.0600. The van der Waals surface area contributed by atoms with Crippen molar-refractivity contribution in [2.45, 2.75) is 109 Å². The predicted molar refractivity (Wildman–Crippen MR) is 104 cm³/mol. The van der Waals surface area contributed by atoms with Crippen molar-refractivity contribution in [1.29, 1.82) is 0 Å². The van der Waals surface area contributed by atoms with Gasteiger partial charge in [-0.2, -0.15) is 0 Å². The Morgan fingerprint density at radius 3 is 2.58 bits per heavy atom. The van der Waals surface area contributed by atoms with Gasteiger partial charge in [-0.15, -0.1) is 0 Å². The van der Waals surface area contributed by atoms with E-state index in [4.69, 9.17) is 4.74 Å². The summed E-state index contributed by atoms with van der Waals surface area (Å²) in [4.78, 5) is 12.3. The third kappa shape index (κ3) is 4.17. The van der Waals surface area contributed by atoms with Crippen molar-refractivity contribution in [2.75, 3.05) is 7.11 Å². The standard InChI is InChI=1S/C21H37N3O2/c1-4-5-6-7-8-9-10-11-16-14-17-12-13-18-19(20(25)26-3)15(2)22-21(23-16)24(17)18/h15-19H,4-14H2,1-3H3,(H,22,23)/p+1/t15-,16-,17+,18-,19+/m1/s1. The average Bonchev–Trinajstić information content (AvgIpc) is 3.05. The van der Waals surface area contributed by atoms with Gasteiger partial charge >= 0.3 is 11.9 Å². The first-order valence-electron chi connectivity index (χ1n) is 10.9. The fourth-order valence-electron chi connectivity index (χ4n) is 5.29. The second-order valence-electron chi connectivity index (χ2n) is 8.52. The van der Waals surface area contributed by atoms with Gasteiger partial charge in [0, 0.05) is 6.42 Å². The van der Waals surface area contributed by atoms with E-state index in [9.17, 15) is 4.79 Å². The summed E-state index contributed by atoms with van der Waals surface area (Å²) in [6.45, 7) is 4.39. The zero-order valence-electron chi connectivity index (χ0n) is 16.9. The van der Waals surface area contributed by atoms with Crippen LogP contribution < -0.4 is 10.6 Å². The van der Waals surface area contributed by atoms with Gasteiger partial charge in [0.25, 0.3) is 0 Å². The number of carbonyl (C=O) groups excluding carboxylic acids is 1. The third-order valence-electron chi connectivity index (χ3n) is 6.65. The summed E-state index contributed by atoms with van der Waals surface area (Å²) in [6.07, 6.45) is 14.4. The highest BCUT2D eigenvalue weighted by Crippen LogP contribution is 2.34. The number of guanidine groups is 1. The van der Waals surface area contributed by atoms with Crippen molar-refractivity contribution in [3.63, 3.8) is 0 Å². The Labute approximate surface area is 159 Å². The lowest BCUT2D eigenvalue weighted by Gasteiger charge is -2.38. The van der Waals surface area contributed by atoms with Crippen LogP contribution in [0.25, 0.3) is 0 Å². The predicted octanol–water partition coefficient (Wildman–Crippen LogP) is 3.17. The van der Waals surface area contributed by atoms with E-state index < -0.39 is 0 Å². The molecule has 3 heterocycles. The molecule has 0 unspecified atom stereocenters. The first-order valence-corrected chi connectivity index (χ1v) is 10.9. The van der Waals surface area contributed by atoms with Crippen LogP contribution in [0.5, 0.6) is 0 Å². The first-order chi connectivity index (χ1) is 12.7. The van der Waals surface area contributed by atoms with Gasteiger partial charge in [0.15, 0.2) is 0 Å². The van der Waals surface area contributed by atoms with E-state index in [1.807, 2.05) is 0 Å². The number of methoxy groups -OCH3 is 1. The summed E-state index contributed by atoms with van der Waals surface area (Å²) >= 11 is 0. The number of nitrogens with one attached hydrogen (secondary N) is 2. The van der Waals surface area contributed by atoms with Crippen molar-refractivity contribution in [1.82, 2.24) is 10.6 Å². The Kier molecular flexibility index (Phi) is 6.82. The van der Waals surface area contributed by atoms with E-state index in [0.717, 1.165) is 6.42 Å². The summed E-state index contributed by atoms with van der Waals surface area (Å²) in [6, 6.07) is 1.58. The lowest BCUT2D eigenvalue weighted by Crippen LogP contribution is -2.66. The van der Waals surface area contributed by atoms with Crippen LogP contribution in [0.1, 0.15) is 84.5 Å². The van der Waals surface area contributed by atoms with Gasteiger partial charge in [0.1, 0.15) is 5.92 Å². The summed E-state index contributed by atoms with van der Waals surface area (Å²) in [5.41, 5.74) is 0. The van der Waals surface area contributed by atoms with Gasteiger partial charge in [-0.3, -0.25) is 20.0 Å². The average molecular weight is 365 g/mol. The van der Waals surface area contributed by atoms with Gasteiger partial charge < -0.3 is 4.74 Å². The van der Waals surface area contributed by atoms with E-state index in [-0.39, 0.29) is 17.9 Å². The van der Waals surface area contributed by atoms with Crippen LogP contribution in [-0.4, -0.2) is 47.8 Å². The van der Waals surface area contributed by atoms with Crippen LogP contribution in [0.4, 0.5) is 0 Å². The van der Waals surface area contributed by atoms with Crippen LogP contribution in [0.2, 0.25) is 0 Å². The molecule has 5 nitrogen and oxygen atoms in total. The van der Waals surface area contributed by atoms with Gasteiger partial charge in [-0.05, 0) is 26.2 Å². The van der Waals surface area contributed by atoms with Crippen LogP contribution in [0, 0.1) is 5.92 Å². The number of esters is 1. The van der Waals surface area contributed by atoms with Crippen molar-refractivity contribution in [3.8, 4) is 0 Å². The van der Waals surface area contributed by atoms with E-state index >= 15 is 0 Å². The molecule has 2 N–H and O–H groups in total. The van der Waals surface area contributed by atoms with Crippen molar-refractivity contribution in [2.24, 2.45) is 5.92 Å². The Balaban J connectivity index is 1.52. The Morgan fingerprint density at radius 2 is 1.85 bits per heavy atom. The van der Waals surface area contributed by atoms with E-state index in [0.29, 0.717) is 18.1 Å². The summed E-state index contributed by atoms with van der Waals surface area (Å²) < 4.78 is 7.54. The van der Waals surface area contributed by atoms with E-state index in [1.165, 1.54) is 77.3 Å². The Morgan fingerprint density at radius 1 is 1.12 bits per heavy atom. The van der Waals surface area contributed by atoms with Gasteiger partial charge in [-0.1, -0.05) is 51.9 Å². The summed E-state index contributed by atoms with van der Waals surface area (Å²) in [5, 5.41) is 7.32. The Hall–Kier alpha value is -1.26. The maximum absolute atomic E-state index is 12.3. The van der Waals surface area contributed by atoms with Gasteiger partial charge in [-0.25, -0.2) is 0 Å². The molecule has 0 radical (unpaired) electrons. The van der Waals surface area contributed by atoms with Gasteiger partial charge in [0.05, 0.1) is 31.3 Å². The van der Waals surface area contributed by atoms with Crippen molar-refractivity contribution in [3.05, 3.63) is 0 Å². The first kappa shape index (κ1) is 19.5. The SMILES string of the molecule is CCCCCCCCC[C@@H]1C[C@@H]2CC[C@@H]3[C@@H](C(=O)OC)[C@@H](C)NC(=[N+]23)N1. The molecule has 0 saturated carbocycles. The van der Waals surface area contributed by atoms with E-state index in [2.05, 4.69) is 29.1 Å². The minimum atomic E-state index is -0.0695. The maximum atomic E-state index is 12.3. The number of nitrogens with zero attached hydrogens (tertiary/aromatic N) is 1. The second kappa shape index (κ2) is 9.09. The topological polar surface area (TPSA) is 53.4 Å². The molecule has 148 valence electrons. The smallest absolute Gasteiger partial charge is 0.346 e. The van der Waals surface area contributed by atoms with Crippen LogP contribution in [0.3, 0.4) is 0 Å². The molecular weight excluding hydrogens is 326 g/mol. The molecule has 0 aliphatic carbocycles. The normalized spacial score (nSPS) is 32.7. The number of carbonyl (C=O) groups is 1. The molecule has 0 amide bonds. The van der Waals surface area contributed by atoms with Crippen molar-refractivity contribution >= 4 is 11.9 Å². The molecule has 0 spiro atoms. The van der Waals surface area contributed by atoms with Crippen LogP contribution >= 0.6 is 0 Å². The third-order valence-corrected chi connectivity index (χ3v) is 6.65. The molecule has 3 aliphatic rings. The molecule has 3 aliphatic heterocycles. The molecule has 1 fully saturated rings. The number of unbranched alkanes of at least 4 members (excludes halogenated alkanes) is 6. The number of hydrogen-bond acceptors (Lipinski definition) is 4. The minimum Gasteiger partial charge on any atom is -0.469 e. The van der Waals surface area contributed by atoms with Crippen molar-refractivity contribution < 1.29 is 14.1 Å². The zero-order valence-corrected chi connectivity index (χ0v) is 16.9. The molecular formula is C21H38N3O2+. The lowest BCUT2D eigenvalue weighted by atomic mass is 9.90. The number of ether oxygens (including phenoxy) is 1. The number of rotatable bonds is 9. The molecule has 1 saturated heterocycles. The lowest BCUT2D eigenvalue weighted by molar-refractivity contribution is -0.598. The highest BCUT2D eigenvalue weighted by Gasteiger charge is 2.52. The highest BCUT2D eigenvalue weighted by molar-refractivity contribution is 5.80. The molecule has 0 bridgehead atoms. The fourth-order valence-corrected chi connectivity index (χ4v) is 5.29. The molecule has 5 atom stereocenters. The maximum Gasteiger partial charge on any atom is 0.346 e. The zero-order chi connectivity index (χ0) is 18.5. The van der Waals surface area contributed by atoms with Crippen LogP contribution in [0.15, 0.2) is 0 Å². The van der Waals surface area contributed by atoms with Gasteiger partial charge in [0.2, 0.25) is 0 Å². The molecule has 5 heteroatoms. The molecule has 26 heavy (non-hydrogen) atoms. The summed E-state index contributed by atoms with van der Waals surface area (Å²) in [5.74, 6) is 1.04. The van der Waals surface area contributed by atoms with Crippen LogP contribution in [-0.2, 0) is 9.53 Å². The second-order valence-corrected chi connectivity index (χ2v) is 8.52. The van der Waals surface area contributed by atoms with E-state index in [1.54, 1.807) is 0 Å². The summed E-state index contributed by atoms with van der Waals surface area (Å²) in [7, 11) is 1.51. The fraction of sp³-hybridized carbons (Fsp3) is 0.905. The molecule has 0 aromatic heterocycles. The Bertz CT molecular complexity index is 519. The largest absolute Gasteiger partial charge is 0.469 e. The number of hydrogen-bond donors (Lipinski definition) is 2. The highest BCUT2D eigenvalue weighted by atomic mass is 16.5.